The maximum atomic E-state index is 13.9. The summed E-state index contributed by atoms with van der Waals surface area (Å²) in [6.45, 7) is -2.24. The summed E-state index contributed by atoms with van der Waals surface area (Å²) in [5, 5.41) is 10.4. The highest BCUT2D eigenvalue weighted by atomic mass is 35.5. The SMILES string of the molecule is Fc1ccc([C@@H]2N=C(c3nccs3)N3C[C@@H](Nc4ccccn4)CC3=C2c2ccn(C(F)F)n2)c(Cl)c1. The van der Waals surface area contributed by atoms with Gasteiger partial charge in [-0.25, -0.2) is 19.0 Å². The number of hydrogen-bond donors (Lipinski definition) is 1. The van der Waals surface area contributed by atoms with Crippen LogP contribution in [0.3, 0.4) is 0 Å². The lowest BCUT2D eigenvalue weighted by molar-refractivity contribution is 0.0564. The number of nitrogens with zero attached hydrogens (tertiary/aromatic N) is 6. The van der Waals surface area contributed by atoms with Crippen LogP contribution >= 0.6 is 22.9 Å². The van der Waals surface area contributed by atoms with E-state index in [1.54, 1.807) is 24.5 Å². The first-order valence-electron chi connectivity index (χ1n) is 11.4. The monoisotopic (exact) mass is 541 g/mol. The van der Waals surface area contributed by atoms with Crippen LogP contribution < -0.4 is 5.32 Å². The predicted octanol–water partition coefficient (Wildman–Crippen LogP) is 6.02. The van der Waals surface area contributed by atoms with Crippen LogP contribution in [0.25, 0.3) is 5.57 Å². The van der Waals surface area contributed by atoms with E-state index < -0.39 is 18.4 Å². The van der Waals surface area contributed by atoms with Gasteiger partial charge in [-0.2, -0.15) is 13.9 Å². The number of fused-ring (bicyclic) bond motifs is 1. The molecule has 4 aromatic rings. The zero-order chi connectivity index (χ0) is 25.5. The molecule has 0 unspecified atom stereocenters. The quantitative estimate of drug-likeness (QED) is 0.323. The molecule has 188 valence electrons. The number of rotatable bonds is 6. The van der Waals surface area contributed by atoms with E-state index in [1.807, 2.05) is 28.5 Å². The van der Waals surface area contributed by atoms with Gasteiger partial charge >= 0.3 is 6.55 Å². The number of amidine groups is 1. The summed E-state index contributed by atoms with van der Waals surface area (Å²) in [4.78, 5) is 15.9. The highest BCUT2D eigenvalue weighted by Crippen LogP contribution is 2.46. The maximum absolute atomic E-state index is 13.9. The van der Waals surface area contributed by atoms with E-state index in [2.05, 4.69) is 20.4 Å². The average Bonchev–Trinajstić information content (AvgIpc) is 3.65. The van der Waals surface area contributed by atoms with Crippen molar-refractivity contribution < 1.29 is 13.2 Å². The Labute approximate surface area is 219 Å². The minimum atomic E-state index is -2.79. The molecule has 3 aromatic heterocycles. The minimum absolute atomic E-state index is 0.0512. The van der Waals surface area contributed by atoms with Gasteiger partial charge in [-0.3, -0.25) is 4.99 Å². The van der Waals surface area contributed by atoms with Gasteiger partial charge in [0.25, 0.3) is 0 Å². The summed E-state index contributed by atoms with van der Waals surface area (Å²) in [5.74, 6) is 0.882. The first-order chi connectivity index (χ1) is 18.0. The number of benzene rings is 1. The summed E-state index contributed by atoms with van der Waals surface area (Å²) in [6, 6.07) is 10.5. The fraction of sp³-hybridized carbons (Fsp3) is 0.200. The van der Waals surface area contributed by atoms with Gasteiger partial charge in [0.15, 0.2) is 10.8 Å². The number of hydrogen-bond acceptors (Lipinski definition) is 7. The molecular formula is C25H19ClF3N7S. The number of anilines is 1. The van der Waals surface area contributed by atoms with Crippen LogP contribution in [0, 0.1) is 5.82 Å². The Balaban J connectivity index is 1.51. The molecule has 0 bridgehead atoms. The van der Waals surface area contributed by atoms with Crippen molar-refractivity contribution in [2.75, 3.05) is 11.9 Å². The first-order valence-corrected chi connectivity index (χ1v) is 12.7. The van der Waals surface area contributed by atoms with E-state index in [1.165, 1.54) is 29.7 Å². The molecule has 7 nitrogen and oxygen atoms in total. The number of alkyl halides is 2. The van der Waals surface area contributed by atoms with Crippen LogP contribution in [0.1, 0.15) is 35.3 Å². The van der Waals surface area contributed by atoms with E-state index in [-0.39, 0.29) is 11.1 Å². The van der Waals surface area contributed by atoms with Gasteiger partial charge in [-0.1, -0.05) is 23.7 Å². The molecular weight excluding hydrogens is 523 g/mol. The predicted molar refractivity (Wildman–Crippen MR) is 136 cm³/mol. The Hall–Kier alpha value is -3.70. The molecule has 0 saturated carbocycles. The van der Waals surface area contributed by atoms with Gasteiger partial charge in [-0.15, -0.1) is 11.3 Å². The number of thiazole rings is 1. The van der Waals surface area contributed by atoms with E-state index in [4.69, 9.17) is 16.6 Å². The summed E-state index contributed by atoms with van der Waals surface area (Å²) >= 11 is 7.94. The Morgan fingerprint density at radius 1 is 1.11 bits per heavy atom. The fourth-order valence-electron chi connectivity index (χ4n) is 4.71. The molecule has 2 aliphatic heterocycles. The second kappa shape index (κ2) is 9.64. The molecule has 6 rings (SSSR count). The van der Waals surface area contributed by atoms with E-state index in [0.29, 0.717) is 45.3 Å². The molecule has 1 fully saturated rings. The Bertz CT molecular complexity index is 1490. The van der Waals surface area contributed by atoms with Gasteiger partial charge < -0.3 is 10.2 Å². The molecule has 0 amide bonds. The van der Waals surface area contributed by atoms with Crippen LogP contribution in [0.5, 0.6) is 0 Å². The summed E-state index contributed by atoms with van der Waals surface area (Å²) in [7, 11) is 0. The second-order valence-corrected chi connectivity index (χ2v) is 9.85. The lowest BCUT2D eigenvalue weighted by atomic mass is 9.92. The summed E-state index contributed by atoms with van der Waals surface area (Å²) < 4.78 is 41.5. The van der Waals surface area contributed by atoms with Crippen molar-refractivity contribution in [2.24, 2.45) is 4.99 Å². The average molecular weight is 542 g/mol. The maximum Gasteiger partial charge on any atom is 0.333 e. The van der Waals surface area contributed by atoms with Crippen molar-refractivity contribution in [3.8, 4) is 0 Å². The molecule has 5 heterocycles. The van der Waals surface area contributed by atoms with Crippen molar-refractivity contribution in [2.45, 2.75) is 25.1 Å². The lowest BCUT2D eigenvalue weighted by Gasteiger charge is -2.32. The van der Waals surface area contributed by atoms with Gasteiger partial charge in [0.2, 0.25) is 0 Å². The summed E-state index contributed by atoms with van der Waals surface area (Å²) in [6.07, 6.45) is 5.19. The van der Waals surface area contributed by atoms with Gasteiger partial charge in [0, 0.05) is 58.8 Å². The standard InChI is InChI=1S/C25H19ClF3N7S/c26-17-11-14(27)4-5-16(17)22-21(18-6-9-36(34-18)25(28)29)19-12-15(32-20-3-1-2-7-30-20)13-35(19)23(33-22)24-31-8-10-37-24/h1-11,15,22,25H,12-13H2,(H,30,32)/t15-,22-/m0/s1. The molecule has 37 heavy (non-hydrogen) atoms. The van der Waals surface area contributed by atoms with Crippen molar-refractivity contribution in [3.63, 3.8) is 0 Å². The van der Waals surface area contributed by atoms with Crippen molar-refractivity contribution in [1.29, 1.82) is 0 Å². The Morgan fingerprint density at radius 2 is 2.00 bits per heavy atom. The molecule has 0 radical (unpaired) electrons. The third kappa shape index (κ3) is 4.49. The van der Waals surface area contributed by atoms with Crippen LogP contribution in [0.2, 0.25) is 5.02 Å². The van der Waals surface area contributed by atoms with Crippen molar-refractivity contribution in [3.05, 3.63) is 99.2 Å². The topological polar surface area (TPSA) is 71.2 Å². The molecule has 1 N–H and O–H groups in total. The number of aromatic nitrogens is 4. The zero-order valence-corrected chi connectivity index (χ0v) is 20.7. The molecule has 1 aromatic carbocycles. The van der Waals surface area contributed by atoms with Gasteiger partial charge in [0.05, 0.1) is 11.7 Å². The lowest BCUT2D eigenvalue weighted by Crippen LogP contribution is -2.35. The Morgan fingerprint density at radius 3 is 2.70 bits per heavy atom. The molecule has 2 atom stereocenters. The second-order valence-electron chi connectivity index (χ2n) is 8.55. The third-order valence-electron chi connectivity index (χ3n) is 6.24. The zero-order valence-electron chi connectivity index (χ0n) is 19.1. The number of nitrogens with one attached hydrogen (secondary N) is 1. The number of aliphatic imine (C=N–C) groups is 1. The number of halogens is 4. The molecule has 12 heteroatoms. The summed E-state index contributed by atoms with van der Waals surface area (Å²) in [5.41, 5.74) is 2.40. The van der Waals surface area contributed by atoms with E-state index in [9.17, 15) is 13.2 Å². The molecule has 2 aliphatic rings. The van der Waals surface area contributed by atoms with E-state index in [0.717, 1.165) is 11.5 Å². The third-order valence-corrected chi connectivity index (χ3v) is 7.34. The highest BCUT2D eigenvalue weighted by Gasteiger charge is 2.41. The van der Waals surface area contributed by atoms with Crippen molar-refractivity contribution in [1.82, 2.24) is 24.6 Å². The highest BCUT2D eigenvalue weighted by molar-refractivity contribution is 7.11. The van der Waals surface area contributed by atoms with Gasteiger partial charge in [0.1, 0.15) is 17.7 Å². The van der Waals surface area contributed by atoms with Crippen LogP contribution in [0.4, 0.5) is 19.0 Å². The van der Waals surface area contributed by atoms with E-state index >= 15 is 0 Å². The largest absolute Gasteiger partial charge is 0.365 e. The van der Waals surface area contributed by atoms with Crippen LogP contribution in [-0.2, 0) is 0 Å². The fourth-order valence-corrected chi connectivity index (χ4v) is 5.62. The van der Waals surface area contributed by atoms with Crippen LogP contribution in [-0.4, -0.2) is 43.1 Å². The van der Waals surface area contributed by atoms with Crippen LogP contribution in [0.15, 0.2) is 77.1 Å². The van der Waals surface area contributed by atoms with Gasteiger partial charge in [-0.05, 0) is 30.3 Å². The Kier molecular flexibility index (Phi) is 6.17. The smallest absolute Gasteiger partial charge is 0.333 e. The minimum Gasteiger partial charge on any atom is -0.365 e. The number of pyridine rings is 1. The molecule has 0 spiro atoms. The normalized spacial score (nSPS) is 19.4. The molecule has 0 aliphatic carbocycles. The first kappa shape index (κ1) is 23.7. The van der Waals surface area contributed by atoms with Crippen molar-refractivity contribution >= 4 is 40.2 Å². The molecule has 1 saturated heterocycles.